The summed E-state index contributed by atoms with van der Waals surface area (Å²) in [6.45, 7) is 8.25. The minimum atomic E-state index is -0.830. The third kappa shape index (κ3) is 4.36. The molecule has 1 N–H and O–H groups in total. The van der Waals surface area contributed by atoms with Crippen LogP contribution >= 0.6 is 0 Å². The van der Waals surface area contributed by atoms with Crippen LogP contribution in [0.5, 0.6) is 5.75 Å². The normalized spacial score (nSPS) is 12.3. The van der Waals surface area contributed by atoms with Gasteiger partial charge in [-0.2, -0.15) is 0 Å². The number of rotatable bonds is 6. The first kappa shape index (κ1) is 22.9. The number of benzene rings is 5. The molecule has 0 amide bonds. The van der Waals surface area contributed by atoms with Crippen molar-refractivity contribution in [3.63, 3.8) is 0 Å². The molecule has 1 unspecified atom stereocenters. The second-order valence-electron chi connectivity index (χ2n) is 9.48. The zero-order valence-electron chi connectivity index (χ0n) is 20.7. The number of aryl methyl sites for hydroxylation is 2. The van der Waals surface area contributed by atoms with E-state index in [2.05, 4.69) is 85.5 Å². The molecule has 3 heteroatoms. The highest BCUT2D eigenvalue weighted by Gasteiger charge is 2.18. The van der Waals surface area contributed by atoms with Crippen LogP contribution in [0.15, 0.2) is 97.1 Å². The largest absolute Gasteiger partial charge is 0.465 e. The lowest BCUT2D eigenvalue weighted by Crippen LogP contribution is -2.22. The second kappa shape index (κ2) is 9.44. The molecule has 0 aliphatic rings. The number of para-hydroxylation sites is 1. The lowest BCUT2D eigenvalue weighted by Gasteiger charge is -2.28. The monoisotopic (exact) mass is 461 g/mol. The molecule has 0 fully saturated rings. The molecular formula is C32H31NO2. The van der Waals surface area contributed by atoms with Gasteiger partial charge in [-0.15, -0.1) is 0 Å². The molecule has 1 atom stereocenters. The summed E-state index contributed by atoms with van der Waals surface area (Å²) in [5.41, 5.74) is 5.78. The van der Waals surface area contributed by atoms with Gasteiger partial charge in [0.15, 0.2) is 6.29 Å². The fourth-order valence-electron chi connectivity index (χ4n) is 4.71. The number of anilines is 3. The Morgan fingerprint density at radius 3 is 2.06 bits per heavy atom. The van der Waals surface area contributed by atoms with Crippen molar-refractivity contribution >= 4 is 38.6 Å². The Balaban J connectivity index is 1.70. The van der Waals surface area contributed by atoms with Crippen LogP contribution in [0.3, 0.4) is 0 Å². The first-order valence-corrected chi connectivity index (χ1v) is 12.2. The van der Waals surface area contributed by atoms with Crippen molar-refractivity contribution in [1.29, 1.82) is 0 Å². The predicted octanol–water partition coefficient (Wildman–Crippen LogP) is 8.43. The Hall–Kier alpha value is -3.82. The minimum Gasteiger partial charge on any atom is -0.465 e. The van der Waals surface area contributed by atoms with Crippen molar-refractivity contribution in [2.75, 3.05) is 4.90 Å². The number of hydrogen-bond donors (Lipinski definition) is 1. The average molecular weight is 462 g/mol. The maximum atomic E-state index is 10.1. The molecule has 0 aliphatic heterocycles. The van der Waals surface area contributed by atoms with Gasteiger partial charge < -0.3 is 14.7 Å². The van der Waals surface area contributed by atoms with Crippen molar-refractivity contribution in [3.05, 3.63) is 108 Å². The zero-order chi connectivity index (χ0) is 24.5. The highest BCUT2D eigenvalue weighted by atomic mass is 16.6. The van der Waals surface area contributed by atoms with Gasteiger partial charge in [0.25, 0.3) is 0 Å². The molecule has 0 spiro atoms. The van der Waals surface area contributed by atoms with Gasteiger partial charge in [0.2, 0.25) is 0 Å². The SMILES string of the molecule is Cc1cccc2ccc3c(N(c4ccccc4)c4ccc(OC(O)C(C)C)cc4)ccc(C)c3c12. The van der Waals surface area contributed by atoms with Crippen molar-refractivity contribution in [2.24, 2.45) is 5.92 Å². The number of fused-ring (bicyclic) bond motifs is 3. The summed E-state index contributed by atoms with van der Waals surface area (Å²) < 4.78 is 5.71. The van der Waals surface area contributed by atoms with Gasteiger partial charge in [-0.25, -0.2) is 0 Å². The Kier molecular flexibility index (Phi) is 6.19. The lowest BCUT2D eigenvalue weighted by atomic mass is 9.94. The summed E-state index contributed by atoms with van der Waals surface area (Å²) >= 11 is 0. The topological polar surface area (TPSA) is 32.7 Å². The highest BCUT2D eigenvalue weighted by molar-refractivity contribution is 6.15. The summed E-state index contributed by atoms with van der Waals surface area (Å²) in [5.74, 6) is 0.672. The molecule has 3 nitrogen and oxygen atoms in total. The summed E-state index contributed by atoms with van der Waals surface area (Å²) in [7, 11) is 0. The molecule has 35 heavy (non-hydrogen) atoms. The molecule has 176 valence electrons. The van der Waals surface area contributed by atoms with Gasteiger partial charge in [0.05, 0.1) is 5.69 Å². The van der Waals surface area contributed by atoms with Gasteiger partial charge in [0, 0.05) is 22.7 Å². The third-order valence-electron chi connectivity index (χ3n) is 6.59. The summed E-state index contributed by atoms with van der Waals surface area (Å²) in [6.07, 6.45) is -0.830. The van der Waals surface area contributed by atoms with Gasteiger partial charge >= 0.3 is 0 Å². The van der Waals surface area contributed by atoms with Crippen LogP contribution in [-0.4, -0.2) is 11.4 Å². The molecule has 5 aromatic rings. The smallest absolute Gasteiger partial charge is 0.199 e. The molecule has 0 saturated carbocycles. The van der Waals surface area contributed by atoms with Crippen LogP contribution in [0.4, 0.5) is 17.1 Å². The summed E-state index contributed by atoms with van der Waals surface area (Å²) in [6, 6.07) is 33.8. The number of hydrogen-bond acceptors (Lipinski definition) is 3. The minimum absolute atomic E-state index is 0.0210. The van der Waals surface area contributed by atoms with E-state index in [1.54, 1.807) is 0 Å². The Labute approximate surface area is 207 Å². The maximum Gasteiger partial charge on any atom is 0.199 e. The molecule has 5 rings (SSSR count). The molecular weight excluding hydrogens is 430 g/mol. The quantitative estimate of drug-likeness (QED) is 0.203. The van der Waals surface area contributed by atoms with Crippen LogP contribution in [-0.2, 0) is 0 Å². The standard InChI is InChI=1S/C32H31NO2/c1-21(2)32(34)35-27-17-15-26(16-18-27)33(25-11-6-5-7-12-25)29-20-13-23(4)31-28(29)19-14-24-10-8-9-22(3)30(24)31/h5-21,32,34H,1-4H3. The Bertz CT molecular complexity index is 1470. The Morgan fingerprint density at radius 2 is 1.34 bits per heavy atom. The molecule has 0 aliphatic carbocycles. The van der Waals surface area contributed by atoms with Crippen LogP contribution in [0.2, 0.25) is 0 Å². The van der Waals surface area contributed by atoms with Crippen molar-refractivity contribution in [2.45, 2.75) is 34.0 Å². The number of nitrogens with zero attached hydrogens (tertiary/aromatic N) is 1. The first-order valence-electron chi connectivity index (χ1n) is 12.2. The van der Waals surface area contributed by atoms with Crippen LogP contribution in [0.1, 0.15) is 25.0 Å². The zero-order valence-corrected chi connectivity index (χ0v) is 20.7. The van der Waals surface area contributed by atoms with E-state index < -0.39 is 6.29 Å². The van der Waals surface area contributed by atoms with Crippen molar-refractivity contribution in [3.8, 4) is 5.75 Å². The predicted molar refractivity (Wildman–Crippen MR) is 147 cm³/mol. The molecule has 0 bridgehead atoms. The number of aliphatic hydroxyl groups excluding tert-OH is 1. The average Bonchev–Trinajstić information content (AvgIpc) is 2.87. The van der Waals surface area contributed by atoms with E-state index in [1.165, 1.54) is 32.7 Å². The molecule has 0 radical (unpaired) electrons. The van der Waals surface area contributed by atoms with Gasteiger partial charge in [-0.3, -0.25) is 0 Å². The van der Waals surface area contributed by atoms with E-state index in [1.807, 2.05) is 44.2 Å². The lowest BCUT2D eigenvalue weighted by molar-refractivity contribution is -0.0515. The number of aliphatic hydroxyl groups is 1. The Morgan fingerprint density at radius 1 is 0.657 bits per heavy atom. The van der Waals surface area contributed by atoms with E-state index in [0.717, 1.165) is 17.1 Å². The highest BCUT2D eigenvalue weighted by Crippen LogP contribution is 2.42. The fourth-order valence-corrected chi connectivity index (χ4v) is 4.71. The summed E-state index contributed by atoms with van der Waals surface area (Å²) in [5, 5.41) is 15.2. The van der Waals surface area contributed by atoms with E-state index in [-0.39, 0.29) is 5.92 Å². The first-order chi connectivity index (χ1) is 16.9. The van der Waals surface area contributed by atoms with Gasteiger partial charge in [0.1, 0.15) is 5.75 Å². The third-order valence-corrected chi connectivity index (χ3v) is 6.59. The van der Waals surface area contributed by atoms with Gasteiger partial charge in [-0.05, 0) is 83.6 Å². The molecule has 0 heterocycles. The second-order valence-corrected chi connectivity index (χ2v) is 9.48. The molecule has 0 aromatic heterocycles. The number of ether oxygens (including phenoxy) is 1. The van der Waals surface area contributed by atoms with Crippen molar-refractivity contribution in [1.82, 2.24) is 0 Å². The van der Waals surface area contributed by atoms with E-state index in [9.17, 15) is 5.11 Å². The fraction of sp³-hybridized carbons (Fsp3) is 0.188. The van der Waals surface area contributed by atoms with E-state index in [0.29, 0.717) is 5.75 Å². The van der Waals surface area contributed by atoms with Crippen LogP contribution < -0.4 is 9.64 Å². The van der Waals surface area contributed by atoms with Crippen LogP contribution in [0.25, 0.3) is 21.5 Å². The molecule has 5 aromatic carbocycles. The van der Waals surface area contributed by atoms with E-state index in [4.69, 9.17) is 4.74 Å². The van der Waals surface area contributed by atoms with Gasteiger partial charge in [-0.1, -0.05) is 68.4 Å². The van der Waals surface area contributed by atoms with Crippen LogP contribution in [0, 0.1) is 19.8 Å². The molecule has 0 saturated heterocycles. The van der Waals surface area contributed by atoms with E-state index >= 15 is 0 Å². The summed E-state index contributed by atoms with van der Waals surface area (Å²) in [4.78, 5) is 2.29. The maximum absolute atomic E-state index is 10.1. The van der Waals surface area contributed by atoms with Crippen molar-refractivity contribution < 1.29 is 9.84 Å².